The zero-order chi connectivity index (χ0) is 14.5. The number of ether oxygens (including phenoxy) is 2. The summed E-state index contributed by atoms with van der Waals surface area (Å²) >= 11 is 1.68. The molecule has 0 amide bonds. The molecule has 1 heterocycles. The summed E-state index contributed by atoms with van der Waals surface area (Å²) < 4.78 is 10.4. The topological polar surface area (TPSA) is 50.7 Å². The number of thiophene rings is 1. The maximum atomic E-state index is 10.2. The highest BCUT2D eigenvalue weighted by Crippen LogP contribution is 2.30. The molecule has 0 aliphatic rings. The summed E-state index contributed by atoms with van der Waals surface area (Å²) in [5, 5.41) is 15.5. The zero-order valence-corrected chi connectivity index (χ0v) is 12.7. The van der Waals surface area contributed by atoms with Gasteiger partial charge in [0.15, 0.2) is 11.5 Å². The molecule has 2 N–H and O–H groups in total. The van der Waals surface area contributed by atoms with Crippen LogP contribution in [0.3, 0.4) is 0 Å². The number of nitrogens with one attached hydrogen (secondary N) is 1. The molecule has 0 aliphatic heterocycles. The Bertz CT molecular complexity index is 568. The van der Waals surface area contributed by atoms with Crippen molar-refractivity contribution in [3.8, 4) is 11.5 Å². The number of aliphatic hydroxyl groups excluding tert-OH is 1. The minimum absolute atomic E-state index is 0.451. The number of rotatable bonds is 6. The zero-order valence-electron chi connectivity index (χ0n) is 11.8. The van der Waals surface area contributed by atoms with Gasteiger partial charge < -0.3 is 19.9 Å². The number of anilines is 1. The smallest absolute Gasteiger partial charge is 0.161 e. The summed E-state index contributed by atoms with van der Waals surface area (Å²) in [6.45, 7) is 2.50. The summed E-state index contributed by atoms with van der Waals surface area (Å²) in [5.41, 5.74) is 1.86. The van der Waals surface area contributed by atoms with Gasteiger partial charge in [-0.15, -0.1) is 11.3 Å². The molecule has 1 aromatic heterocycles. The number of methoxy groups -OCH3 is 2. The molecule has 0 bridgehead atoms. The molecule has 0 saturated carbocycles. The first-order valence-corrected chi connectivity index (χ1v) is 7.21. The van der Waals surface area contributed by atoms with E-state index in [9.17, 15) is 5.11 Å². The summed E-state index contributed by atoms with van der Waals surface area (Å²) in [7, 11) is 3.18. The van der Waals surface area contributed by atoms with Gasteiger partial charge >= 0.3 is 0 Å². The van der Waals surface area contributed by atoms with Crippen molar-refractivity contribution >= 4 is 17.0 Å². The van der Waals surface area contributed by atoms with E-state index in [0.29, 0.717) is 18.0 Å². The minimum Gasteiger partial charge on any atom is -0.493 e. The quantitative estimate of drug-likeness (QED) is 0.858. The average Bonchev–Trinajstić information content (AvgIpc) is 2.89. The number of aryl methyl sites for hydroxylation is 1. The van der Waals surface area contributed by atoms with Crippen LogP contribution in [0.15, 0.2) is 29.6 Å². The monoisotopic (exact) mass is 293 g/mol. The predicted octanol–water partition coefficient (Wildman–Crippen LogP) is 3.22. The highest BCUT2D eigenvalue weighted by molar-refractivity contribution is 7.10. The first kappa shape index (κ1) is 14.7. The van der Waals surface area contributed by atoms with Crippen molar-refractivity contribution in [1.29, 1.82) is 0 Å². The molecule has 2 rings (SSSR count). The van der Waals surface area contributed by atoms with E-state index in [1.54, 1.807) is 37.7 Å². The van der Waals surface area contributed by atoms with Gasteiger partial charge in [0.25, 0.3) is 0 Å². The lowest BCUT2D eigenvalue weighted by Crippen LogP contribution is -2.12. The third-order valence-corrected chi connectivity index (χ3v) is 3.98. The molecule has 4 nitrogen and oxygen atoms in total. The molecule has 0 aliphatic carbocycles. The Morgan fingerprint density at radius 3 is 2.55 bits per heavy atom. The highest BCUT2D eigenvalue weighted by Gasteiger charge is 2.12. The number of aliphatic hydroxyl groups is 1. The molecular formula is C15H19NO3S. The van der Waals surface area contributed by atoms with Crippen LogP contribution in [0.1, 0.15) is 16.5 Å². The van der Waals surface area contributed by atoms with Gasteiger partial charge in [-0.2, -0.15) is 0 Å². The second-order valence-electron chi connectivity index (χ2n) is 4.40. The van der Waals surface area contributed by atoms with E-state index in [2.05, 4.69) is 12.2 Å². The molecule has 0 spiro atoms. The summed E-state index contributed by atoms with van der Waals surface area (Å²) in [6.07, 6.45) is -0.603. The van der Waals surface area contributed by atoms with Crippen molar-refractivity contribution in [3.63, 3.8) is 0 Å². The van der Waals surface area contributed by atoms with Crippen molar-refractivity contribution in [2.24, 2.45) is 0 Å². The number of benzene rings is 1. The van der Waals surface area contributed by atoms with Gasteiger partial charge in [0.1, 0.15) is 0 Å². The molecule has 5 heteroatoms. The third kappa shape index (κ3) is 3.23. The molecule has 0 fully saturated rings. The molecule has 0 saturated heterocycles. The van der Waals surface area contributed by atoms with Crippen molar-refractivity contribution in [1.82, 2.24) is 0 Å². The lowest BCUT2D eigenvalue weighted by atomic mass is 10.1. The van der Waals surface area contributed by atoms with Crippen LogP contribution in [0, 0.1) is 6.92 Å². The van der Waals surface area contributed by atoms with E-state index in [0.717, 1.165) is 11.3 Å². The molecule has 0 radical (unpaired) electrons. The standard InChI is InChI=1S/C15H19NO3S/c1-10-12(6-7-20-10)16-9-13(17)11-4-5-14(18-2)15(8-11)19-3/h4-8,13,16-17H,9H2,1-3H3. The van der Waals surface area contributed by atoms with E-state index in [4.69, 9.17) is 9.47 Å². The maximum Gasteiger partial charge on any atom is 0.161 e. The number of hydrogen-bond donors (Lipinski definition) is 2. The Morgan fingerprint density at radius 1 is 1.20 bits per heavy atom. The fourth-order valence-electron chi connectivity index (χ4n) is 1.95. The molecule has 1 atom stereocenters. The van der Waals surface area contributed by atoms with E-state index >= 15 is 0 Å². The predicted molar refractivity (Wildman–Crippen MR) is 82.1 cm³/mol. The first-order valence-electron chi connectivity index (χ1n) is 6.33. The lowest BCUT2D eigenvalue weighted by molar-refractivity contribution is 0.191. The summed E-state index contributed by atoms with van der Waals surface area (Å²) in [5.74, 6) is 1.28. The summed E-state index contributed by atoms with van der Waals surface area (Å²) in [4.78, 5) is 1.21. The van der Waals surface area contributed by atoms with Crippen LogP contribution in [0.5, 0.6) is 11.5 Å². The molecule has 20 heavy (non-hydrogen) atoms. The average molecular weight is 293 g/mol. The summed E-state index contributed by atoms with van der Waals surface area (Å²) in [6, 6.07) is 7.45. The van der Waals surface area contributed by atoms with Crippen molar-refractivity contribution in [2.45, 2.75) is 13.0 Å². The lowest BCUT2D eigenvalue weighted by Gasteiger charge is -2.15. The third-order valence-electron chi connectivity index (χ3n) is 3.14. The fraction of sp³-hybridized carbons (Fsp3) is 0.333. The van der Waals surface area contributed by atoms with Crippen LogP contribution in [-0.4, -0.2) is 25.9 Å². The van der Waals surface area contributed by atoms with Gasteiger partial charge in [-0.25, -0.2) is 0 Å². The van der Waals surface area contributed by atoms with Gasteiger partial charge in [0.05, 0.1) is 20.3 Å². The molecule has 1 aromatic carbocycles. The van der Waals surface area contributed by atoms with Crippen molar-refractivity contribution < 1.29 is 14.6 Å². The van der Waals surface area contributed by atoms with Gasteiger partial charge in [-0.3, -0.25) is 0 Å². The number of hydrogen-bond acceptors (Lipinski definition) is 5. The normalized spacial score (nSPS) is 12.0. The Morgan fingerprint density at radius 2 is 1.95 bits per heavy atom. The van der Waals surface area contributed by atoms with Crippen molar-refractivity contribution in [3.05, 3.63) is 40.1 Å². The SMILES string of the molecule is COc1ccc(C(O)CNc2ccsc2C)cc1OC. The largest absolute Gasteiger partial charge is 0.493 e. The minimum atomic E-state index is -0.603. The van der Waals surface area contributed by atoms with E-state index in [1.165, 1.54) is 4.88 Å². The van der Waals surface area contributed by atoms with E-state index < -0.39 is 6.10 Å². The van der Waals surface area contributed by atoms with Crippen LogP contribution in [0.2, 0.25) is 0 Å². The Labute approximate surface area is 123 Å². The van der Waals surface area contributed by atoms with Crippen LogP contribution in [0.4, 0.5) is 5.69 Å². The second kappa shape index (κ2) is 6.63. The molecule has 1 unspecified atom stereocenters. The Kier molecular flexibility index (Phi) is 4.87. The van der Waals surface area contributed by atoms with Crippen LogP contribution in [0.25, 0.3) is 0 Å². The van der Waals surface area contributed by atoms with Crippen LogP contribution < -0.4 is 14.8 Å². The molecule has 2 aromatic rings. The van der Waals surface area contributed by atoms with Gasteiger partial charge in [0, 0.05) is 17.1 Å². The highest BCUT2D eigenvalue weighted by atomic mass is 32.1. The van der Waals surface area contributed by atoms with E-state index in [-0.39, 0.29) is 0 Å². The van der Waals surface area contributed by atoms with Gasteiger partial charge in [-0.05, 0) is 36.1 Å². The van der Waals surface area contributed by atoms with Gasteiger partial charge in [-0.1, -0.05) is 6.07 Å². The van der Waals surface area contributed by atoms with Gasteiger partial charge in [0.2, 0.25) is 0 Å². The van der Waals surface area contributed by atoms with Crippen LogP contribution >= 0.6 is 11.3 Å². The molecule has 108 valence electrons. The Hall–Kier alpha value is -1.72. The first-order chi connectivity index (χ1) is 9.65. The fourth-order valence-corrected chi connectivity index (χ4v) is 2.63. The Balaban J connectivity index is 2.05. The van der Waals surface area contributed by atoms with E-state index in [1.807, 2.05) is 17.5 Å². The maximum absolute atomic E-state index is 10.2. The second-order valence-corrected chi connectivity index (χ2v) is 5.52. The molecular weight excluding hydrogens is 274 g/mol. The van der Waals surface area contributed by atoms with Crippen molar-refractivity contribution in [2.75, 3.05) is 26.1 Å². The van der Waals surface area contributed by atoms with Crippen LogP contribution in [-0.2, 0) is 0 Å².